The van der Waals surface area contributed by atoms with Gasteiger partial charge in [0.05, 0.1) is 11.2 Å². The Bertz CT molecular complexity index is 553. The first-order chi connectivity index (χ1) is 10.6. The van der Waals surface area contributed by atoms with Crippen LogP contribution in [0, 0.1) is 5.92 Å². The summed E-state index contributed by atoms with van der Waals surface area (Å²) in [6.45, 7) is 12.7. The quantitative estimate of drug-likeness (QED) is 0.848. The van der Waals surface area contributed by atoms with Crippen molar-refractivity contribution < 1.29 is 14.1 Å². The molecule has 1 aromatic rings. The van der Waals surface area contributed by atoms with Crippen molar-refractivity contribution >= 4 is 18.5 Å². The minimum atomic E-state index is -0.342. The zero-order valence-corrected chi connectivity index (χ0v) is 15.1. The molecule has 0 atom stereocenters. The molecule has 1 saturated heterocycles. The zero-order chi connectivity index (χ0) is 17.3. The van der Waals surface area contributed by atoms with Gasteiger partial charge in [0.15, 0.2) is 0 Å². The number of nitrogens with one attached hydrogen (secondary N) is 1. The van der Waals surface area contributed by atoms with Gasteiger partial charge in [-0.2, -0.15) is 0 Å². The predicted octanol–water partition coefficient (Wildman–Crippen LogP) is 2.30. The SMILES string of the molecule is CC(C)C(=O)NCCc1cccc(B2OC(C)(C)C(C)(C)O2)c1. The van der Waals surface area contributed by atoms with E-state index >= 15 is 0 Å². The number of benzene rings is 1. The average molecular weight is 317 g/mol. The van der Waals surface area contributed by atoms with Crippen molar-refractivity contribution in [3.8, 4) is 0 Å². The molecule has 1 aromatic carbocycles. The molecule has 1 amide bonds. The van der Waals surface area contributed by atoms with Crippen molar-refractivity contribution in [3.05, 3.63) is 29.8 Å². The predicted molar refractivity (Wildman–Crippen MR) is 93.7 cm³/mol. The summed E-state index contributed by atoms with van der Waals surface area (Å²) in [6.07, 6.45) is 0.797. The summed E-state index contributed by atoms with van der Waals surface area (Å²) in [5.41, 5.74) is 1.52. The van der Waals surface area contributed by atoms with Gasteiger partial charge in [-0.05, 0) is 45.1 Å². The largest absolute Gasteiger partial charge is 0.494 e. The molecule has 0 spiro atoms. The first kappa shape index (κ1) is 18.0. The van der Waals surface area contributed by atoms with Crippen LogP contribution in [0.5, 0.6) is 0 Å². The van der Waals surface area contributed by atoms with Crippen molar-refractivity contribution in [3.63, 3.8) is 0 Å². The maximum absolute atomic E-state index is 11.6. The van der Waals surface area contributed by atoms with Gasteiger partial charge in [0.1, 0.15) is 0 Å². The summed E-state index contributed by atoms with van der Waals surface area (Å²) in [6, 6.07) is 8.21. The van der Waals surface area contributed by atoms with Gasteiger partial charge in [-0.25, -0.2) is 0 Å². The molecular formula is C18H28BNO3. The van der Waals surface area contributed by atoms with E-state index < -0.39 is 0 Å². The average Bonchev–Trinajstić information content (AvgIpc) is 2.67. The lowest BCUT2D eigenvalue weighted by molar-refractivity contribution is -0.123. The Kier molecular flexibility index (Phi) is 5.22. The third kappa shape index (κ3) is 4.15. The number of amides is 1. The highest BCUT2D eigenvalue weighted by Crippen LogP contribution is 2.36. The van der Waals surface area contributed by atoms with Crippen LogP contribution in [0.4, 0.5) is 0 Å². The summed E-state index contributed by atoms with van der Waals surface area (Å²) in [5.74, 6) is 0.109. The van der Waals surface area contributed by atoms with Gasteiger partial charge in [-0.15, -0.1) is 0 Å². The van der Waals surface area contributed by atoms with Crippen LogP contribution in [0.3, 0.4) is 0 Å². The number of rotatable bonds is 5. The summed E-state index contributed by atoms with van der Waals surface area (Å²) in [4.78, 5) is 11.6. The molecule has 0 bridgehead atoms. The topological polar surface area (TPSA) is 47.6 Å². The van der Waals surface area contributed by atoms with E-state index in [1.807, 2.05) is 26.0 Å². The van der Waals surface area contributed by atoms with E-state index in [2.05, 4.69) is 45.1 Å². The molecule has 0 unspecified atom stereocenters. The lowest BCUT2D eigenvalue weighted by atomic mass is 9.78. The minimum Gasteiger partial charge on any atom is -0.399 e. The van der Waals surface area contributed by atoms with Crippen LogP contribution >= 0.6 is 0 Å². The van der Waals surface area contributed by atoms with Gasteiger partial charge >= 0.3 is 7.12 Å². The Morgan fingerprint density at radius 3 is 2.35 bits per heavy atom. The molecule has 126 valence electrons. The molecule has 0 radical (unpaired) electrons. The lowest BCUT2D eigenvalue weighted by Crippen LogP contribution is -2.41. The second-order valence-corrected chi connectivity index (χ2v) is 7.53. The fourth-order valence-electron chi connectivity index (χ4n) is 2.41. The summed E-state index contributed by atoms with van der Waals surface area (Å²) in [5, 5.41) is 2.94. The Labute approximate surface area is 140 Å². The molecule has 0 aliphatic carbocycles. The van der Waals surface area contributed by atoms with Gasteiger partial charge in [0.2, 0.25) is 5.91 Å². The molecule has 1 N–H and O–H groups in total. The van der Waals surface area contributed by atoms with Crippen LogP contribution < -0.4 is 10.8 Å². The van der Waals surface area contributed by atoms with Crippen LogP contribution in [-0.4, -0.2) is 30.8 Å². The Balaban J connectivity index is 2.00. The first-order valence-corrected chi connectivity index (χ1v) is 8.34. The minimum absolute atomic E-state index is 0.0195. The van der Waals surface area contributed by atoms with E-state index in [4.69, 9.17) is 9.31 Å². The molecule has 0 saturated carbocycles. The van der Waals surface area contributed by atoms with Crippen molar-refractivity contribution in [2.45, 2.75) is 59.2 Å². The molecule has 1 aliphatic rings. The van der Waals surface area contributed by atoms with Crippen LogP contribution in [0.1, 0.15) is 47.1 Å². The second kappa shape index (κ2) is 6.66. The van der Waals surface area contributed by atoms with Gasteiger partial charge < -0.3 is 14.6 Å². The zero-order valence-electron chi connectivity index (χ0n) is 15.1. The molecular weight excluding hydrogens is 289 g/mol. The first-order valence-electron chi connectivity index (χ1n) is 8.34. The van der Waals surface area contributed by atoms with E-state index in [0.29, 0.717) is 6.54 Å². The van der Waals surface area contributed by atoms with Crippen LogP contribution in [-0.2, 0) is 20.5 Å². The normalized spacial score (nSPS) is 19.2. The van der Waals surface area contributed by atoms with Crippen LogP contribution in [0.25, 0.3) is 0 Å². The van der Waals surface area contributed by atoms with Crippen LogP contribution in [0.15, 0.2) is 24.3 Å². The van der Waals surface area contributed by atoms with Crippen molar-refractivity contribution in [1.29, 1.82) is 0 Å². The fraction of sp³-hybridized carbons (Fsp3) is 0.611. The van der Waals surface area contributed by atoms with E-state index in [9.17, 15) is 4.79 Å². The van der Waals surface area contributed by atoms with Gasteiger partial charge in [0, 0.05) is 12.5 Å². The molecule has 2 rings (SSSR count). The summed E-state index contributed by atoms with van der Waals surface area (Å²) in [7, 11) is -0.342. The van der Waals surface area contributed by atoms with E-state index in [1.54, 1.807) is 0 Å². The maximum atomic E-state index is 11.6. The van der Waals surface area contributed by atoms with E-state index in [-0.39, 0.29) is 30.1 Å². The molecule has 23 heavy (non-hydrogen) atoms. The summed E-state index contributed by atoms with van der Waals surface area (Å²) >= 11 is 0. The molecule has 1 heterocycles. The monoisotopic (exact) mass is 317 g/mol. The Morgan fingerprint density at radius 2 is 1.78 bits per heavy atom. The Morgan fingerprint density at radius 1 is 1.17 bits per heavy atom. The molecule has 4 nitrogen and oxygen atoms in total. The lowest BCUT2D eigenvalue weighted by Gasteiger charge is -2.32. The van der Waals surface area contributed by atoms with Gasteiger partial charge in [-0.3, -0.25) is 4.79 Å². The van der Waals surface area contributed by atoms with Gasteiger partial charge in [0.25, 0.3) is 0 Å². The van der Waals surface area contributed by atoms with Crippen molar-refractivity contribution in [1.82, 2.24) is 5.32 Å². The summed E-state index contributed by atoms with van der Waals surface area (Å²) < 4.78 is 12.2. The highest BCUT2D eigenvalue weighted by Gasteiger charge is 2.51. The standard InChI is InChI=1S/C18H28BNO3/c1-13(2)16(21)20-11-10-14-8-7-9-15(12-14)19-22-17(3,4)18(5,6)23-19/h7-9,12-13H,10-11H2,1-6H3,(H,20,21). The van der Waals surface area contributed by atoms with Crippen LogP contribution in [0.2, 0.25) is 0 Å². The number of carbonyl (C=O) groups excluding carboxylic acids is 1. The van der Waals surface area contributed by atoms with E-state index in [0.717, 1.165) is 11.9 Å². The number of hydrogen-bond acceptors (Lipinski definition) is 3. The molecule has 1 aliphatic heterocycles. The smallest absolute Gasteiger partial charge is 0.399 e. The highest BCUT2D eigenvalue weighted by molar-refractivity contribution is 6.62. The van der Waals surface area contributed by atoms with Crippen molar-refractivity contribution in [2.75, 3.05) is 6.54 Å². The third-order valence-electron chi connectivity index (χ3n) is 4.71. The Hall–Kier alpha value is -1.33. The van der Waals surface area contributed by atoms with E-state index in [1.165, 1.54) is 5.56 Å². The number of carbonyl (C=O) groups is 1. The van der Waals surface area contributed by atoms with Gasteiger partial charge in [-0.1, -0.05) is 38.1 Å². The highest BCUT2D eigenvalue weighted by atomic mass is 16.7. The number of hydrogen-bond donors (Lipinski definition) is 1. The maximum Gasteiger partial charge on any atom is 0.494 e. The van der Waals surface area contributed by atoms with Crippen molar-refractivity contribution in [2.24, 2.45) is 5.92 Å². The molecule has 0 aromatic heterocycles. The fourth-order valence-corrected chi connectivity index (χ4v) is 2.41. The second-order valence-electron chi connectivity index (χ2n) is 7.53. The third-order valence-corrected chi connectivity index (χ3v) is 4.71. The molecule has 1 fully saturated rings. The molecule has 5 heteroatoms.